The molecule has 3 aromatic carbocycles. The topological polar surface area (TPSA) is 94.9 Å². The molecule has 11 heteroatoms. The van der Waals surface area contributed by atoms with E-state index in [1.54, 1.807) is 23.8 Å². The number of amides is 2. The molecule has 2 aliphatic rings. The number of carbonyl (C=O) groups is 2. The molecule has 2 atom stereocenters. The zero-order valence-corrected chi connectivity index (χ0v) is 26.1. The van der Waals surface area contributed by atoms with Crippen molar-refractivity contribution in [1.29, 1.82) is 0 Å². The van der Waals surface area contributed by atoms with Gasteiger partial charge in [0.05, 0.1) is 42.7 Å². The average molecular weight is 633 g/mol. The number of fused-ring (bicyclic) bond motifs is 1. The maximum absolute atomic E-state index is 14.0. The summed E-state index contributed by atoms with van der Waals surface area (Å²) in [7, 11) is 3.25. The van der Waals surface area contributed by atoms with Gasteiger partial charge in [-0.25, -0.2) is 4.68 Å². The van der Waals surface area contributed by atoms with E-state index >= 15 is 0 Å². The van der Waals surface area contributed by atoms with E-state index in [9.17, 15) is 9.59 Å². The summed E-state index contributed by atoms with van der Waals surface area (Å²) in [5, 5.41) is 8.37. The first-order valence-electron chi connectivity index (χ1n) is 14.4. The Morgan fingerprint density at radius 1 is 1.07 bits per heavy atom. The minimum Gasteiger partial charge on any atom is -0.497 e. The monoisotopic (exact) mass is 632 g/mol. The highest BCUT2D eigenvalue weighted by Gasteiger charge is 2.38. The van der Waals surface area contributed by atoms with Crippen molar-refractivity contribution in [3.05, 3.63) is 88.9 Å². The highest BCUT2D eigenvalue weighted by atomic mass is 35.5. The van der Waals surface area contributed by atoms with E-state index < -0.39 is 0 Å². The van der Waals surface area contributed by atoms with E-state index in [0.717, 1.165) is 29.5 Å². The highest BCUT2D eigenvalue weighted by molar-refractivity contribution is 8.00. The van der Waals surface area contributed by atoms with Crippen molar-refractivity contribution in [2.45, 2.75) is 24.2 Å². The fourth-order valence-electron chi connectivity index (χ4n) is 5.60. The number of para-hydroxylation sites is 1. The van der Waals surface area contributed by atoms with Crippen molar-refractivity contribution in [3.63, 3.8) is 0 Å². The number of benzene rings is 3. The molecule has 3 heterocycles. The number of ether oxygens (including phenoxy) is 3. The van der Waals surface area contributed by atoms with E-state index in [2.05, 4.69) is 5.32 Å². The predicted molar refractivity (Wildman–Crippen MR) is 172 cm³/mol. The van der Waals surface area contributed by atoms with Crippen molar-refractivity contribution in [3.8, 4) is 28.4 Å². The first-order valence-corrected chi connectivity index (χ1v) is 15.9. The van der Waals surface area contributed by atoms with Gasteiger partial charge in [-0.3, -0.25) is 14.5 Å². The number of nitrogens with one attached hydrogen (secondary N) is 1. The van der Waals surface area contributed by atoms with Crippen molar-refractivity contribution in [2.75, 3.05) is 44.6 Å². The third-order valence-corrected chi connectivity index (χ3v) is 9.29. The van der Waals surface area contributed by atoms with E-state index in [1.807, 2.05) is 72.8 Å². The van der Waals surface area contributed by atoms with Gasteiger partial charge in [0.15, 0.2) is 0 Å². The smallest absolute Gasteiger partial charge is 0.240 e. The Kier molecular flexibility index (Phi) is 9.11. The molecule has 1 N–H and O–H groups in total. The van der Waals surface area contributed by atoms with Crippen LogP contribution in [-0.2, 0) is 14.3 Å². The molecular weight excluding hydrogens is 600 g/mol. The van der Waals surface area contributed by atoms with Crippen LogP contribution in [0.3, 0.4) is 0 Å². The number of carbonyl (C=O) groups excluding carboxylic acids is 2. The zero-order chi connectivity index (χ0) is 30.6. The van der Waals surface area contributed by atoms with Gasteiger partial charge in [0, 0.05) is 34.9 Å². The Balaban J connectivity index is 1.54. The Labute approximate surface area is 265 Å². The molecule has 4 aromatic rings. The quantitative estimate of drug-likeness (QED) is 0.254. The largest absolute Gasteiger partial charge is 0.497 e. The molecule has 0 aliphatic carbocycles. The summed E-state index contributed by atoms with van der Waals surface area (Å²) in [5.41, 5.74) is 3.93. The summed E-state index contributed by atoms with van der Waals surface area (Å²) in [4.78, 5) is 28.9. The molecule has 228 valence electrons. The molecule has 1 fully saturated rings. The molecule has 2 amide bonds. The number of halogens is 1. The predicted octanol–water partition coefficient (Wildman–Crippen LogP) is 5.67. The normalized spacial score (nSPS) is 18.1. The van der Waals surface area contributed by atoms with Gasteiger partial charge in [-0.15, -0.1) is 11.8 Å². The second-order valence-corrected chi connectivity index (χ2v) is 12.1. The molecule has 44 heavy (non-hydrogen) atoms. The lowest BCUT2D eigenvalue weighted by Crippen LogP contribution is -2.44. The van der Waals surface area contributed by atoms with Crippen molar-refractivity contribution in [2.24, 2.45) is 0 Å². The average Bonchev–Trinajstić information content (AvgIpc) is 3.69. The van der Waals surface area contributed by atoms with Crippen LogP contribution in [-0.4, -0.2) is 67.4 Å². The fourth-order valence-corrected chi connectivity index (χ4v) is 6.95. The lowest BCUT2D eigenvalue weighted by molar-refractivity contribution is -0.123. The van der Waals surface area contributed by atoms with Crippen LogP contribution in [0.25, 0.3) is 16.9 Å². The van der Waals surface area contributed by atoms with E-state index in [-0.39, 0.29) is 35.5 Å². The second-order valence-electron chi connectivity index (χ2n) is 10.6. The SMILES string of the molecule is COc1ccc(-n2nc(-c3ccc(Cl)cc3)c3c2N(CC(=O)NC[C@@H]2CCCO2)C(=O)CS[C@H]3c2ccccc2OC)cc1. The molecule has 6 rings (SSSR count). The number of thioether (sulfide) groups is 1. The first-order chi connectivity index (χ1) is 21.5. The molecule has 0 saturated carbocycles. The van der Waals surface area contributed by atoms with E-state index in [0.29, 0.717) is 46.9 Å². The van der Waals surface area contributed by atoms with Gasteiger partial charge in [-0.1, -0.05) is 41.9 Å². The van der Waals surface area contributed by atoms with Crippen LogP contribution in [0.1, 0.15) is 29.2 Å². The van der Waals surface area contributed by atoms with Crippen LogP contribution in [0.15, 0.2) is 72.8 Å². The number of rotatable bonds is 9. The molecule has 0 unspecified atom stereocenters. The van der Waals surface area contributed by atoms with E-state index in [1.165, 1.54) is 11.8 Å². The summed E-state index contributed by atoms with van der Waals surface area (Å²) in [5.74, 6) is 1.60. The van der Waals surface area contributed by atoms with Crippen molar-refractivity contribution in [1.82, 2.24) is 15.1 Å². The Morgan fingerprint density at radius 3 is 2.55 bits per heavy atom. The molecule has 0 spiro atoms. The second kappa shape index (κ2) is 13.3. The maximum atomic E-state index is 14.0. The van der Waals surface area contributed by atoms with Crippen LogP contribution < -0.4 is 19.7 Å². The third kappa shape index (κ3) is 6.15. The van der Waals surface area contributed by atoms with Gasteiger partial charge in [0.25, 0.3) is 0 Å². The minimum absolute atomic E-state index is 0.0128. The summed E-state index contributed by atoms with van der Waals surface area (Å²) >= 11 is 7.76. The molecule has 0 radical (unpaired) electrons. The Morgan fingerprint density at radius 2 is 1.84 bits per heavy atom. The number of aromatic nitrogens is 2. The third-order valence-electron chi connectivity index (χ3n) is 7.80. The van der Waals surface area contributed by atoms with Crippen LogP contribution in [0.2, 0.25) is 5.02 Å². The summed E-state index contributed by atoms with van der Waals surface area (Å²) in [6.45, 7) is 0.935. The van der Waals surface area contributed by atoms with Crippen LogP contribution in [0.5, 0.6) is 11.5 Å². The minimum atomic E-state index is -0.331. The molecule has 2 aliphatic heterocycles. The van der Waals surface area contributed by atoms with Crippen molar-refractivity contribution >= 4 is 41.0 Å². The van der Waals surface area contributed by atoms with Gasteiger partial charge in [0.2, 0.25) is 11.8 Å². The van der Waals surface area contributed by atoms with Gasteiger partial charge in [-0.05, 0) is 55.3 Å². The number of hydrogen-bond acceptors (Lipinski definition) is 7. The first kappa shape index (κ1) is 30.1. The fraction of sp³-hybridized carbons (Fsp3) is 0.303. The molecule has 1 saturated heterocycles. The zero-order valence-electron chi connectivity index (χ0n) is 24.5. The highest BCUT2D eigenvalue weighted by Crippen LogP contribution is 2.50. The van der Waals surface area contributed by atoms with Gasteiger partial charge >= 0.3 is 0 Å². The lowest BCUT2D eigenvalue weighted by Gasteiger charge is -2.24. The number of methoxy groups -OCH3 is 2. The molecule has 1 aromatic heterocycles. The number of nitrogens with zero attached hydrogens (tertiary/aromatic N) is 3. The van der Waals surface area contributed by atoms with Gasteiger partial charge in [0.1, 0.15) is 23.9 Å². The van der Waals surface area contributed by atoms with Crippen molar-refractivity contribution < 1.29 is 23.8 Å². The van der Waals surface area contributed by atoms with Gasteiger partial charge in [-0.2, -0.15) is 5.10 Å². The standard InChI is InChI=1S/C33H33ClN4O5S/c1-41-24-15-13-23(14-16-24)38-33-30(31(36-38)21-9-11-22(34)12-10-21)32(26-7-3-4-8-27(26)42-2)44-20-29(40)37(33)19-28(39)35-18-25-6-5-17-43-25/h3-4,7-16,25,32H,5-6,17-20H2,1-2H3,(H,35,39)/t25-,32-/m0/s1. The lowest BCUT2D eigenvalue weighted by atomic mass is 9.99. The van der Waals surface area contributed by atoms with E-state index in [4.69, 9.17) is 30.9 Å². The summed E-state index contributed by atoms with van der Waals surface area (Å²) < 4.78 is 18.6. The Hall–Kier alpha value is -3.99. The maximum Gasteiger partial charge on any atom is 0.240 e. The van der Waals surface area contributed by atoms with Crippen LogP contribution in [0, 0.1) is 0 Å². The van der Waals surface area contributed by atoms with Crippen LogP contribution in [0.4, 0.5) is 5.82 Å². The molecule has 0 bridgehead atoms. The van der Waals surface area contributed by atoms with Crippen LogP contribution >= 0.6 is 23.4 Å². The number of hydrogen-bond donors (Lipinski definition) is 1. The summed E-state index contributed by atoms with van der Waals surface area (Å²) in [6, 6.07) is 22.7. The molecule has 9 nitrogen and oxygen atoms in total. The summed E-state index contributed by atoms with van der Waals surface area (Å²) in [6.07, 6.45) is 1.87. The van der Waals surface area contributed by atoms with Gasteiger partial charge < -0.3 is 19.5 Å². The number of anilines is 1. The Bertz CT molecular complexity index is 1640. The molecular formula is C33H33ClN4O5S.